The number of carbonyl (C=O) groups is 1. The van der Waals surface area contributed by atoms with Gasteiger partial charge in [-0.1, -0.05) is 6.42 Å². The molecule has 0 saturated heterocycles. The Balaban J connectivity index is 0.00000156. The third-order valence-electron chi connectivity index (χ3n) is 4.56. The summed E-state index contributed by atoms with van der Waals surface area (Å²) in [7, 11) is 1.83. The second kappa shape index (κ2) is 6.63. The van der Waals surface area contributed by atoms with Crippen molar-refractivity contribution in [2.75, 3.05) is 5.32 Å². The number of hydrogen-bond donors (Lipinski definition) is 2. The van der Waals surface area contributed by atoms with E-state index in [9.17, 15) is 4.79 Å². The molecule has 2 fully saturated rings. The smallest absolute Gasteiger partial charge is 0.256 e. The number of aryl methyl sites for hydroxylation is 1. The van der Waals surface area contributed by atoms with Crippen molar-refractivity contribution in [2.45, 2.75) is 43.7 Å². The highest BCUT2D eigenvalue weighted by atomic mass is 35.5. The van der Waals surface area contributed by atoms with Gasteiger partial charge in [-0.3, -0.25) is 9.48 Å². The molecule has 0 aliphatic heterocycles. The quantitative estimate of drug-likeness (QED) is 0.869. The van der Waals surface area contributed by atoms with Crippen LogP contribution in [0.5, 0.6) is 0 Å². The molecule has 0 bridgehead atoms. The average molecular weight is 353 g/mol. The molecule has 0 spiro atoms. The van der Waals surface area contributed by atoms with Crippen LogP contribution in [0.4, 0.5) is 5.69 Å². The average Bonchev–Trinajstić information content (AvgIpc) is 2.84. The molecule has 2 aliphatic rings. The van der Waals surface area contributed by atoms with E-state index in [4.69, 9.17) is 0 Å². The molecule has 2 atom stereocenters. The van der Waals surface area contributed by atoms with Gasteiger partial charge < -0.3 is 10.6 Å². The minimum Gasteiger partial charge on any atom is -0.319 e. The highest BCUT2D eigenvalue weighted by Gasteiger charge is 2.41. The van der Waals surface area contributed by atoms with Crippen LogP contribution in [0.1, 0.15) is 46.8 Å². The fraction of sp³-hybridized carbons (Fsp3) is 0.500. The number of anilines is 1. The van der Waals surface area contributed by atoms with E-state index in [0.29, 0.717) is 12.0 Å². The van der Waals surface area contributed by atoms with Gasteiger partial charge in [0.25, 0.3) is 5.91 Å². The molecule has 23 heavy (non-hydrogen) atoms. The van der Waals surface area contributed by atoms with Crippen molar-refractivity contribution < 1.29 is 4.79 Å². The van der Waals surface area contributed by atoms with Gasteiger partial charge in [-0.05, 0) is 25.3 Å². The minimum absolute atomic E-state index is 0. The van der Waals surface area contributed by atoms with E-state index in [2.05, 4.69) is 15.7 Å². The fourth-order valence-corrected chi connectivity index (χ4v) is 4.00. The zero-order chi connectivity index (χ0) is 15.1. The van der Waals surface area contributed by atoms with Crippen LogP contribution < -0.4 is 10.6 Å². The van der Waals surface area contributed by atoms with Gasteiger partial charge in [0.2, 0.25) is 0 Å². The Labute approximate surface area is 145 Å². The minimum atomic E-state index is -0.0559. The number of aromatic nitrogens is 2. The molecule has 2 saturated carbocycles. The van der Waals surface area contributed by atoms with Crippen LogP contribution in [-0.2, 0) is 7.05 Å². The van der Waals surface area contributed by atoms with Crippen molar-refractivity contribution in [3.8, 4) is 0 Å². The Hall–Kier alpha value is -1.37. The lowest BCUT2D eigenvalue weighted by molar-refractivity contribution is 0.102. The van der Waals surface area contributed by atoms with E-state index in [1.807, 2.05) is 18.5 Å². The lowest BCUT2D eigenvalue weighted by Gasteiger charge is -2.26. The molecule has 5 nitrogen and oxygen atoms in total. The van der Waals surface area contributed by atoms with Gasteiger partial charge >= 0.3 is 0 Å². The molecular formula is C16H21ClN4OS. The van der Waals surface area contributed by atoms with Gasteiger partial charge in [-0.25, -0.2) is 0 Å². The summed E-state index contributed by atoms with van der Waals surface area (Å²) in [5.74, 6) is 0.546. The molecular weight excluding hydrogens is 332 g/mol. The van der Waals surface area contributed by atoms with Crippen LogP contribution in [-0.4, -0.2) is 27.8 Å². The summed E-state index contributed by atoms with van der Waals surface area (Å²) in [4.78, 5) is 13.6. The first kappa shape index (κ1) is 16.5. The number of rotatable bonds is 5. The Morgan fingerprint density at radius 2 is 2.26 bits per heavy atom. The van der Waals surface area contributed by atoms with Gasteiger partial charge in [0, 0.05) is 41.5 Å². The van der Waals surface area contributed by atoms with Crippen LogP contribution in [0, 0.1) is 0 Å². The van der Waals surface area contributed by atoms with Gasteiger partial charge in [0.05, 0.1) is 17.4 Å². The summed E-state index contributed by atoms with van der Waals surface area (Å²) in [5.41, 5.74) is 1.48. The highest BCUT2D eigenvalue weighted by molar-refractivity contribution is 7.10. The summed E-state index contributed by atoms with van der Waals surface area (Å²) in [6.07, 6.45) is 8.68. The van der Waals surface area contributed by atoms with Crippen LogP contribution in [0.15, 0.2) is 23.8 Å². The first-order valence-corrected chi connectivity index (χ1v) is 8.71. The Morgan fingerprint density at radius 3 is 2.91 bits per heavy atom. The molecule has 2 aliphatic carbocycles. The van der Waals surface area contributed by atoms with Crippen molar-refractivity contribution in [2.24, 2.45) is 7.05 Å². The van der Waals surface area contributed by atoms with E-state index in [1.165, 1.54) is 30.6 Å². The summed E-state index contributed by atoms with van der Waals surface area (Å²) < 4.78 is 1.68. The number of halogens is 1. The fourth-order valence-electron chi connectivity index (χ4n) is 2.93. The zero-order valence-corrected chi connectivity index (χ0v) is 14.6. The van der Waals surface area contributed by atoms with Crippen LogP contribution in [0.25, 0.3) is 0 Å². The highest BCUT2D eigenvalue weighted by Crippen LogP contribution is 2.44. The van der Waals surface area contributed by atoms with Gasteiger partial charge in [-0.15, -0.1) is 23.7 Å². The van der Waals surface area contributed by atoms with Crippen molar-refractivity contribution in [3.05, 3.63) is 34.3 Å². The van der Waals surface area contributed by atoms with Gasteiger partial charge in [-0.2, -0.15) is 5.10 Å². The topological polar surface area (TPSA) is 59.0 Å². The van der Waals surface area contributed by atoms with E-state index < -0.39 is 0 Å². The number of hydrogen-bond acceptors (Lipinski definition) is 4. The Morgan fingerprint density at radius 1 is 1.43 bits per heavy atom. The molecule has 4 rings (SSSR count). The van der Waals surface area contributed by atoms with E-state index in [-0.39, 0.29) is 18.3 Å². The van der Waals surface area contributed by atoms with Crippen molar-refractivity contribution in [1.29, 1.82) is 0 Å². The van der Waals surface area contributed by atoms with E-state index in [0.717, 1.165) is 17.3 Å². The maximum atomic E-state index is 12.2. The molecule has 7 heteroatoms. The lowest BCUT2D eigenvalue weighted by Crippen LogP contribution is -2.37. The van der Waals surface area contributed by atoms with Gasteiger partial charge in [0.1, 0.15) is 0 Å². The third-order valence-corrected chi connectivity index (χ3v) is 5.62. The Bertz CT molecular complexity index is 694. The van der Waals surface area contributed by atoms with E-state index in [1.54, 1.807) is 28.4 Å². The van der Waals surface area contributed by atoms with Crippen LogP contribution in [0.3, 0.4) is 0 Å². The molecule has 2 heterocycles. The Kier molecular flexibility index (Phi) is 4.75. The standard InChI is InChI=1S/C16H20N4OS.ClH/c1-20-8-12(7-17-20)19-16(21)10-5-15(22-9-10)13-6-14(13)18-11-3-2-4-11;/h5,7-9,11,13-14,18H,2-4,6H2,1H3,(H,19,21);1H/t13-,14-;/m1./s1. The third kappa shape index (κ3) is 3.59. The first-order chi connectivity index (χ1) is 10.7. The number of carbonyl (C=O) groups excluding carboxylic acids is 1. The molecule has 2 aromatic heterocycles. The summed E-state index contributed by atoms with van der Waals surface area (Å²) in [6.45, 7) is 0. The van der Waals surface area contributed by atoms with Crippen LogP contribution >= 0.6 is 23.7 Å². The summed E-state index contributed by atoms with van der Waals surface area (Å²) in [5, 5.41) is 12.6. The second-order valence-electron chi connectivity index (χ2n) is 6.34. The normalized spacial score (nSPS) is 23.0. The molecule has 0 radical (unpaired) electrons. The van der Waals surface area contributed by atoms with Crippen LogP contribution in [0.2, 0.25) is 0 Å². The molecule has 1 amide bonds. The van der Waals surface area contributed by atoms with Crippen molar-refractivity contribution in [1.82, 2.24) is 15.1 Å². The maximum absolute atomic E-state index is 12.2. The molecule has 124 valence electrons. The molecule has 2 aromatic rings. The maximum Gasteiger partial charge on any atom is 0.256 e. The zero-order valence-electron chi connectivity index (χ0n) is 13.0. The molecule has 0 unspecified atom stereocenters. The van der Waals surface area contributed by atoms with Crippen molar-refractivity contribution >= 4 is 35.3 Å². The number of nitrogens with one attached hydrogen (secondary N) is 2. The molecule has 2 N–H and O–H groups in total. The number of amides is 1. The first-order valence-electron chi connectivity index (χ1n) is 7.83. The predicted molar refractivity (Wildman–Crippen MR) is 94.6 cm³/mol. The van der Waals surface area contributed by atoms with Gasteiger partial charge in [0.15, 0.2) is 0 Å². The SMILES string of the molecule is Cl.Cn1cc(NC(=O)c2csc([C@@H]3C[C@H]3NC3CCC3)c2)cn1. The largest absolute Gasteiger partial charge is 0.319 e. The number of thiophene rings is 1. The lowest BCUT2D eigenvalue weighted by atomic mass is 9.93. The summed E-state index contributed by atoms with van der Waals surface area (Å²) in [6, 6.07) is 3.41. The number of nitrogens with zero attached hydrogens (tertiary/aromatic N) is 2. The predicted octanol–water partition coefficient (Wildman–Crippen LogP) is 3.15. The second-order valence-corrected chi connectivity index (χ2v) is 7.28. The molecule has 0 aromatic carbocycles. The van der Waals surface area contributed by atoms with E-state index >= 15 is 0 Å². The summed E-state index contributed by atoms with van der Waals surface area (Å²) >= 11 is 1.70. The van der Waals surface area contributed by atoms with Crippen molar-refractivity contribution in [3.63, 3.8) is 0 Å². The monoisotopic (exact) mass is 352 g/mol.